The molecule has 2 atom stereocenters. The van der Waals surface area contributed by atoms with Gasteiger partial charge in [-0.05, 0) is 12.1 Å². The van der Waals surface area contributed by atoms with Gasteiger partial charge in [-0.15, -0.1) is 0 Å². The molecule has 0 aliphatic carbocycles. The van der Waals surface area contributed by atoms with Gasteiger partial charge in [0.1, 0.15) is 5.82 Å². The van der Waals surface area contributed by atoms with Crippen LogP contribution in [0.25, 0.3) is 0 Å². The van der Waals surface area contributed by atoms with Crippen LogP contribution in [-0.2, 0) is 9.53 Å². The second-order valence-electron chi connectivity index (χ2n) is 3.80. The predicted octanol–water partition coefficient (Wildman–Crippen LogP) is 0.697. The number of nitrogens with one attached hydrogen (secondary N) is 1. The number of methoxy groups -OCH3 is 1. The van der Waals surface area contributed by atoms with Gasteiger partial charge in [0.2, 0.25) is 0 Å². The van der Waals surface area contributed by atoms with Crippen LogP contribution < -0.4 is 5.32 Å². The van der Waals surface area contributed by atoms with E-state index >= 15 is 0 Å². The van der Waals surface area contributed by atoms with Crippen LogP contribution in [0.3, 0.4) is 0 Å². The summed E-state index contributed by atoms with van der Waals surface area (Å²) in [4.78, 5) is 15.5. The lowest BCUT2D eigenvalue weighted by atomic mass is 9.92. The first-order valence-electron chi connectivity index (χ1n) is 5.12. The summed E-state index contributed by atoms with van der Waals surface area (Å²) in [5.74, 6) is -0.888. The number of aromatic nitrogens is 1. The van der Waals surface area contributed by atoms with E-state index in [1.807, 2.05) is 0 Å². The molecule has 5 heteroatoms. The van der Waals surface area contributed by atoms with Crippen LogP contribution in [0.1, 0.15) is 11.6 Å². The van der Waals surface area contributed by atoms with Crippen LogP contribution in [0.4, 0.5) is 4.39 Å². The number of nitrogens with zero attached hydrogens (tertiary/aromatic N) is 1. The molecule has 1 aromatic rings. The Bertz CT molecular complexity index is 380. The van der Waals surface area contributed by atoms with Gasteiger partial charge in [-0.25, -0.2) is 4.39 Å². The molecule has 0 radical (unpaired) electrons. The van der Waals surface area contributed by atoms with Crippen molar-refractivity contribution in [1.29, 1.82) is 0 Å². The van der Waals surface area contributed by atoms with Crippen LogP contribution >= 0.6 is 0 Å². The molecule has 0 amide bonds. The monoisotopic (exact) mass is 224 g/mol. The highest BCUT2D eigenvalue weighted by Crippen LogP contribution is 2.27. The number of ether oxygens (including phenoxy) is 1. The SMILES string of the molecule is COC(=O)[C@@H]1CNC[C@H]1c1ccc(F)cn1. The van der Waals surface area contributed by atoms with Crippen LogP contribution in [-0.4, -0.2) is 31.2 Å². The third-order valence-electron chi connectivity index (χ3n) is 2.85. The van der Waals surface area contributed by atoms with E-state index in [1.54, 1.807) is 6.07 Å². The molecule has 0 bridgehead atoms. The molecule has 1 N–H and O–H groups in total. The van der Waals surface area contributed by atoms with E-state index in [4.69, 9.17) is 4.74 Å². The second kappa shape index (κ2) is 4.57. The Morgan fingerprint density at radius 1 is 1.56 bits per heavy atom. The van der Waals surface area contributed by atoms with Gasteiger partial charge in [0, 0.05) is 24.7 Å². The Kier molecular flexibility index (Phi) is 3.14. The minimum absolute atomic E-state index is 0.0342. The summed E-state index contributed by atoms with van der Waals surface area (Å²) in [6.45, 7) is 1.24. The Morgan fingerprint density at radius 2 is 2.38 bits per heavy atom. The van der Waals surface area contributed by atoms with E-state index in [0.29, 0.717) is 13.1 Å². The van der Waals surface area contributed by atoms with Gasteiger partial charge in [0.25, 0.3) is 0 Å². The molecule has 2 rings (SSSR count). The van der Waals surface area contributed by atoms with Crippen LogP contribution in [0, 0.1) is 11.7 Å². The molecule has 1 aliphatic heterocycles. The van der Waals surface area contributed by atoms with Gasteiger partial charge in [-0.3, -0.25) is 9.78 Å². The van der Waals surface area contributed by atoms with Gasteiger partial charge in [0.15, 0.2) is 0 Å². The van der Waals surface area contributed by atoms with E-state index < -0.39 is 0 Å². The molecule has 2 heterocycles. The average molecular weight is 224 g/mol. The molecule has 0 unspecified atom stereocenters. The summed E-state index contributed by atoms with van der Waals surface area (Å²) < 4.78 is 17.5. The van der Waals surface area contributed by atoms with E-state index in [9.17, 15) is 9.18 Å². The molecular formula is C11H13FN2O2. The molecule has 1 saturated heterocycles. The first-order valence-corrected chi connectivity index (χ1v) is 5.12. The highest BCUT2D eigenvalue weighted by molar-refractivity contribution is 5.74. The zero-order valence-electron chi connectivity index (χ0n) is 8.94. The number of rotatable bonds is 2. The van der Waals surface area contributed by atoms with E-state index in [2.05, 4.69) is 10.3 Å². The Labute approximate surface area is 92.8 Å². The lowest BCUT2D eigenvalue weighted by Gasteiger charge is -2.15. The zero-order valence-corrected chi connectivity index (χ0v) is 8.94. The topological polar surface area (TPSA) is 51.2 Å². The average Bonchev–Trinajstić information content (AvgIpc) is 2.78. The maximum atomic E-state index is 12.7. The molecule has 86 valence electrons. The fraction of sp³-hybridized carbons (Fsp3) is 0.455. The normalized spacial score (nSPS) is 24.4. The maximum absolute atomic E-state index is 12.7. The standard InChI is InChI=1S/C11H13FN2O2/c1-16-11(15)9-6-13-5-8(9)10-3-2-7(12)4-14-10/h2-4,8-9,13H,5-6H2,1H3/t8-,9-/m1/s1. The fourth-order valence-corrected chi connectivity index (χ4v) is 2.00. The molecule has 1 aliphatic rings. The van der Waals surface area contributed by atoms with Crippen molar-refractivity contribution in [3.8, 4) is 0 Å². The van der Waals surface area contributed by atoms with Crippen molar-refractivity contribution in [2.24, 2.45) is 5.92 Å². The smallest absolute Gasteiger partial charge is 0.310 e. The van der Waals surface area contributed by atoms with Crippen molar-refractivity contribution in [1.82, 2.24) is 10.3 Å². The highest BCUT2D eigenvalue weighted by Gasteiger charge is 2.35. The minimum Gasteiger partial charge on any atom is -0.469 e. The molecule has 0 saturated carbocycles. The number of carbonyl (C=O) groups excluding carboxylic acids is 1. The lowest BCUT2D eigenvalue weighted by molar-refractivity contribution is -0.145. The van der Waals surface area contributed by atoms with Crippen molar-refractivity contribution >= 4 is 5.97 Å². The van der Waals surface area contributed by atoms with Crippen molar-refractivity contribution in [3.05, 3.63) is 29.8 Å². The van der Waals surface area contributed by atoms with E-state index in [1.165, 1.54) is 19.4 Å². The largest absolute Gasteiger partial charge is 0.469 e. The minimum atomic E-state index is -0.371. The van der Waals surface area contributed by atoms with Gasteiger partial charge in [-0.2, -0.15) is 0 Å². The van der Waals surface area contributed by atoms with Crippen molar-refractivity contribution in [2.75, 3.05) is 20.2 Å². The summed E-state index contributed by atoms with van der Waals surface area (Å²) in [6, 6.07) is 2.97. The first kappa shape index (κ1) is 11.0. The third kappa shape index (κ3) is 2.04. The molecule has 1 fully saturated rings. The number of esters is 1. The third-order valence-corrected chi connectivity index (χ3v) is 2.85. The lowest BCUT2D eigenvalue weighted by Crippen LogP contribution is -2.23. The van der Waals surface area contributed by atoms with Gasteiger partial charge >= 0.3 is 5.97 Å². The second-order valence-corrected chi connectivity index (χ2v) is 3.80. The van der Waals surface area contributed by atoms with Crippen LogP contribution in [0.15, 0.2) is 18.3 Å². The number of hydrogen-bond donors (Lipinski definition) is 1. The molecule has 16 heavy (non-hydrogen) atoms. The summed E-state index contributed by atoms with van der Waals surface area (Å²) in [5.41, 5.74) is 0.724. The molecule has 0 aromatic carbocycles. The molecular weight excluding hydrogens is 211 g/mol. The summed E-state index contributed by atoms with van der Waals surface area (Å²) in [5, 5.41) is 3.12. The fourth-order valence-electron chi connectivity index (χ4n) is 2.00. The Hall–Kier alpha value is -1.49. The first-order chi connectivity index (χ1) is 7.72. The van der Waals surface area contributed by atoms with Crippen molar-refractivity contribution in [3.63, 3.8) is 0 Å². The van der Waals surface area contributed by atoms with Gasteiger partial charge < -0.3 is 10.1 Å². The summed E-state index contributed by atoms with van der Waals surface area (Å²) in [6.07, 6.45) is 1.17. The van der Waals surface area contributed by atoms with Crippen LogP contribution in [0.5, 0.6) is 0 Å². The van der Waals surface area contributed by atoms with E-state index in [-0.39, 0.29) is 23.6 Å². The van der Waals surface area contributed by atoms with Gasteiger partial charge in [0.05, 0.1) is 19.2 Å². The highest BCUT2D eigenvalue weighted by atomic mass is 19.1. The molecule has 4 nitrogen and oxygen atoms in total. The number of carbonyl (C=O) groups is 1. The molecule has 0 spiro atoms. The predicted molar refractivity (Wildman–Crippen MR) is 55.3 cm³/mol. The number of hydrogen-bond acceptors (Lipinski definition) is 4. The summed E-state index contributed by atoms with van der Waals surface area (Å²) >= 11 is 0. The molecule has 1 aromatic heterocycles. The van der Waals surface area contributed by atoms with Gasteiger partial charge in [-0.1, -0.05) is 0 Å². The Balaban J connectivity index is 2.19. The number of halogens is 1. The van der Waals surface area contributed by atoms with Crippen molar-refractivity contribution < 1.29 is 13.9 Å². The van der Waals surface area contributed by atoms with Crippen molar-refractivity contribution in [2.45, 2.75) is 5.92 Å². The Morgan fingerprint density at radius 3 is 3.00 bits per heavy atom. The number of pyridine rings is 1. The summed E-state index contributed by atoms with van der Waals surface area (Å²) in [7, 11) is 1.37. The van der Waals surface area contributed by atoms with E-state index in [0.717, 1.165) is 5.69 Å². The zero-order chi connectivity index (χ0) is 11.5. The quantitative estimate of drug-likeness (QED) is 0.751. The van der Waals surface area contributed by atoms with Crippen LogP contribution in [0.2, 0.25) is 0 Å². The maximum Gasteiger partial charge on any atom is 0.310 e.